The number of rotatable bonds is 2. The van der Waals surface area contributed by atoms with Crippen LogP contribution in [0, 0.1) is 12.3 Å². The SMILES string of the molecule is C#CC[C@H](N)C1=C(O)C(=O)C1O. The van der Waals surface area contributed by atoms with E-state index >= 15 is 0 Å². The normalized spacial score (nSPS) is 24.8. The van der Waals surface area contributed by atoms with Gasteiger partial charge in [0.2, 0.25) is 5.78 Å². The Morgan fingerprint density at radius 2 is 2.33 bits per heavy atom. The van der Waals surface area contributed by atoms with Crippen molar-refractivity contribution < 1.29 is 15.0 Å². The lowest BCUT2D eigenvalue weighted by Gasteiger charge is -2.27. The van der Waals surface area contributed by atoms with Gasteiger partial charge >= 0.3 is 0 Å². The minimum Gasteiger partial charge on any atom is -0.504 e. The molecule has 0 heterocycles. The van der Waals surface area contributed by atoms with Gasteiger partial charge in [-0.15, -0.1) is 12.3 Å². The van der Waals surface area contributed by atoms with Gasteiger partial charge in [0.05, 0.1) is 0 Å². The number of carbonyl (C=O) groups is 1. The predicted octanol–water partition coefficient (Wildman–Crippen LogP) is -0.907. The van der Waals surface area contributed by atoms with Crippen LogP contribution in [-0.4, -0.2) is 28.1 Å². The molecule has 2 atom stereocenters. The first kappa shape index (κ1) is 8.78. The van der Waals surface area contributed by atoms with E-state index in [1.54, 1.807) is 0 Å². The quantitative estimate of drug-likeness (QED) is 0.465. The highest BCUT2D eigenvalue weighted by molar-refractivity contribution is 6.06. The van der Waals surface area contributed by atoms with Gasteiger partial charge in [-0.2, -0.15) is 0 Å². The molecule has 0 spiro atoms. The summed E-state index contributed by atoms with van der Waals surface area (Å²) in [6, 6.07) is -0.623. The molecule has 0 aromatic carbocycles. The van der Waals surface area contributed by atoms with Gasteiger partial charge in [0, 0.05) is 18.0 Å². The van der Waals surface area contributed by atoms with Crippen molar-refractivity contribution in [1.29, 1.82) is 0 Å². The van der Waals surface area contributed by atoms with Gasteiger partial charge < -0.3 is 15.9 Å². The molecule has 0 saturated carbocycles. The van der Waals surface area contributed by atoms with Gasteiger partial charge in [0.1, 0.15) is 6.10 Å². The number of Topliss-reactive ketones (excluding diaryl/α,β-unsaturated/α-hetero) is 1. The topological polar surface area (TPSA) is 83.5 Å². The van der Waals surface area contributed by atoms with E-state index in [9.17, 15) is 4.79 Å². The molecule has 0 fully saturated rings. The average molecular weight is 167 g/mol. The molecule has 64 valence electrons. The fourth-order valence-electron chi connectivity index (χ4n) is 1.08. The molecule has 0 bridgehead atoms. The molecule has 1 unspecified atom stereocenters. The zero-order valence-corrected chi connectivity index (χ0v) is 6.32. The molecule has 0 radical (unpaired) electrons. The monoisotopic (exact) mass is 167 g/mol. The van der Waals surface area contributed by atoms with Gasteiger partial charge in [-0.05, 0) is 0 Å². The van der Waals surface area contributed by atoms with Crippen LogP contribution in [0.1, 0.15) is 6.42 Å². The molecule has 1 aliphatic carbocycles. The Bertz CT molecular complexity index is 287. The second-order valence-electron chi connectivity index (χ2n) is 2.59. The largest absolute Gasteiger partial charge is 0.504 e. The third kappa shape index (κ3) is 1.09. The number of hydrogen-bond donors (Lipinski definition) is 3. The van der Waals surface area contributed by atoms with Crippen LogP contribution < -0.4 is 5.73 Å². The van der Waals surface area contributed by atoms with Crippen LogP contribution in [-0.2, 0) is 4.79 Å². The third-order valence-electron chi connectivity index (χ3n) is 1.79. The summed E-state index contributed by atoms with van der Waals surface area (Å²) in [6.07, 6.45) is 3.91. The minimum atomic E-state index is -1.26. The number of aliphatic hydroxyl groups is 2. The van der Waals surface area contributed by atoms with Crippen molar-refractivity contribution in [2.24, 2.45) is 5.73 Å². The highest BCUT2D eigenvalue weighted by Crippen LogP contribution is 2.25. The molecule has 12 heavy (non-hydrogen) atoms. The first-order valence-corrected chi connectivity index (χ1v) is 3.44. The Kier molecular flexibility index (Phi) is 2.18. The first-order valence-electron chi connectivity index (χ1n) is 3.44. The van der Waals surface area contributed by atoms with Crippen molar-refractivity contribution >= 4 is 5.78 Å². The minimum absolute atomic E-state index is 0.151. The smallest absolute Gasteiger partial charge is 0.229 e. The maximum absolute atomic E-state index is 10.6. The number of ketones is 1. The number of hydrogen-bond acceptors (Lipinski definition) is 4. The summed E-state index contributed by atoms with van der Waals surface area (Å²) >= 11 is 0. The molecule has 0 aromatic heterocycles. The van der Waals surface area contributed by atoms with Crippen LogP contribution in [0.15, 0.2) is 11.3 Å². The van der Waals surface area contributed by atoms with Gasteiger partial charge in [-0.3, -0.25) is 4.79 Å². The van der Waals surface area contributed by atoms with Crippen molar-refractivity contribution in [3.8, 4) is 12.3 Å². The lowest BCUT2D eigenvalue weighted by atomic mass is 9.85. The first-order chi connectivity index (χ1) is 5.59. The Hall–Kier alpha value is -1.31. The van der Waals surface area contributed by atoms with Gasteiger partial charge in [-0.1, -0.05) is 0 Å². The lowest BCUT2D eigenvalue weighted by molar-refractivity contribution is -0.128. The number of terminal acetylenes is 1. The molecule has 0 saturated heterocycles. The molecule has 1 aliphatic rings. The van der Waals surface area contributed by atoms with Crippen molar-refractivity contribution in [1.82, 2.24) is 0 Å². The predicted molar refractivity (Wildman–Crippen MR) is 42.1 cm³/mol. The van der Waals surface area contributed by atoms with Crippen molar-refractivity contribution in [2.75, 3.05) is 0 Å². The summed E-state index contributed by atoms with van der Waals surface area (Å²) in [5.74, 6) is 1.16. The van der Waals surface area contributed by atoms with Crippen molar-refractivity contribution in [2.45, 2.75) is 18.6 Å². The average Bonchev–Trinajstić information content (AvgIpc) is 2.05. The summed E-state index contributed by atoms with van der Waals surface area (Å²) < 4.78 is 0. The molecule has 4 heteroatoms. The summed E-state index contributed by atoms with van der Waals surface area (Å²) in [7, 11) is 0. The standard InChI is InChI=1S/C8H9NO3/c1-2-3-4(9)5-6(10)8(12)7(5)11/h1,4,6,10-11H,3,9H2/t4-,6?/m0/s1. The summed E-state index contributed by atoms with van der Waals surface area (Å²) in [5, 5.41) is 18.0. The summed E-state index contributed by atoms with van der Waals surface area (Å²) in [4.78, 5) is 10.6. The second kappa shape index (κ2) is 2.97. The second-order valence-corrected chi connectivity index (χ2v) is 2.59. The zero-order chi connectivity index (χ0) is 9.30. The highest BCUT2D eigenvalue weighted by Gasteiger charge is 2.40. The Labute approximate surface area is 69.7 Å². The van der Waals surface area contributed by atoms with Crippen LogP contribution in [0.3, 0.4) is 0 Å². The van der Waals surface area contributed by atoms with Crippen LogP contribution in [0.5, 0.6) is 0 Å². The molecular weight excluding hydrogens is 158 g/mol. The van der Waals surface area contributed by atoms with Gasteiger partial charge in [0.25, 0.3) is 0 Å². The highest BCUT2D eigenvalue weighted by atomic mass is 16.3. The molecule has 0 aromatic rings. The molecule has 1 rings (SSSR count). The maximum atomic E-state index is 10.6. The fourth-order valence-corrected chi connectivity index (χ4v) is 1.08. The van der Waals surface area contributed by atoms with Crippen molar-refractivity contribution in [3.63, 3.8) is 0 Å². The molecule has 4 nitrogen and oxygen atoms in total. The molecule has 4 N–H and O–H groups in total. The van der Waals surface area contributed by atoms with E-state index in [0.717, 1.165) is 0 Å². The van der Waals surface area contributed by atoms with Crippen molar-refractivity contribution in [3.05, 3.63) is 11.3 Å². The molecule has 0 amide bonds. The lowest BCUT2D eigenvalue weighted by Crippen LogP contribution is -2.44. The Morgan fingerprint density at radius 3 is 2.75 bits per heavy atom. The summed E-state index contributed by atoms with van der Waals surface area (Å²) in [5.41, 5.74) is 5.61. The fraction of sp³-hybridized carbons (Fsp3) is 0.375. The number of carbonyl (C=O) groups excluding carboxylic acids is 1. The third-order valence-corrected chi connectivity index (χ3v) is 1.79. The van der Waals surface area contributed by atoms with E-state index in [-0.39, 0.29) is 12.0 Å². The van der Waals surface area contributed by atoms with Crippen LogP contribution >= 0.6 is 0 Å². The zero-order valence-electron chi connectivity index (χ0n) is 6.32. The number of aliphatic hydroxyl groups excluding tert-OH is 2. The van der Waals surface area contributed by atoms with Gasteiger partial charge in [-0.25, -0.2) is 0 Å². The van der Waals surface area contributed by atoms with E-state index in [4.69, 9.17) is 22.4 Å². The maximum Gasteiger partial charge on any atom is 0.229 e. The van der Waals surface area contributed by atoms with E-state index in [1.807, 2.05) is 0 Å². The Balaban J connectivity index is 2.79. The van der Waals surface area contributed by atoms with Crippen LogP contribution in [0.2, 0.25) is 0 Å². The van der Waals surface area contributed by atoms with E-state index in [0.29, 0.717) is 0 Å². The van der Waals surface area contributed by atoms with E-state index in [1.165, 1.54) is 0 Å². The van der Waals surface area contributed by atoms with E-state index in [2.05, 4.69) is 5.92 Å². The van der Waals surface area contributed by atoms with Crippen LogP contribution in [0.4, 0.5) is 0 Å². The summed E-state index contributed by atoms with van der Waals surface area (Å²) in [6.45, 7) is 0. The van der Waals surface area contributed by atoms with Gasteiger partial charge in [0.15, 0.2) is 5.76 Å². The molecular formula is C8H9NO3. The Morgan fingerprint density at radius 1 is 1.75 bits per heavy atom. The van der Waals surface area contributed by atoms with Crippen LogP contribution in [0.25, 0.3) is 0 Å². The van der Waals surface area contributed by atoms with E-state index < -0.39 is 23.7 Å². The number of nitrogens with two attached hydrogens (primary N) is 1. The molecule has 0 aliphatic heterocycles.